The molecule has 0 fully saturated rings. The molecule has 0 saturated heterocycles. The van der Waals surface area contributed by atoms with E-state index in [9.17, 15) is 23.2 Å². The van der Waals surface area contributed by atoms with Crippen LogP contribution in [-0.4, -0.2) is 42.4 Å². The van der Waals surface area contributed by atoms with Crippen LogP contribution >= 0.6 is 7.60 Å². The molecule has 0 aliphatic carbocycles. The smallest absolute Gasteiger partial charge is 0.361 e. The van der Waals surface area contributed by atoms with Gasteiger partial charge in [0, 0.05) is 24.2 Å². The zero-order chi connectivity index (χ0) is 30.3. The molecule has 0 aromatic heterocycles. The summed E-state index contributed by atoms with van der Waals surface area (Å²) in [5, 5.41) is 18.0. The average Bonchev–Trinajstić information content (AvgIpc) is 2.97. The number of nitrogens with one attached hydrogen (secondary N) is 2. The molecule has 3 atom stereocenters. The fourth-order valence-electron chi connectivity index (χ4n) is 5.15. The van der Waals surface area contributed by atoms with Gasteiger partial charge in [0.25, 0.3) is 5.91 Å². The van der Waals surface area contributed by atoms with Crippen molar-refractivity contribution in [2.45, 2.75) is 71.2 Å². The second-order valence-corrected chi connectivity index (χ2v) is 12.8. The van der Waals surface area contributed by atoms with Gasteiger partial charge in [-0.1, -0.05) is 38.1 Å². The number of halogens is 2. The van der Waals surface area contributed by atoms with E-state index in [2.05, 4.69) is 10.6 Å². The van der Waals surface area contributed by atoms with Crippen molar-refractivity contribution in [3.05, 3.63) is 100 Å². The Labute approximate surface area is 246 Å². The summed E-state index contributed by atoms with van der Waals surface area (Å²) in [5.41, 5.74) is 3.38. The van der Waals surface area contributed by atoms with Gasteiger partial charge in [0.2, 0.25) is 0 Å². The molecular weight excluding hydrogens is 561 g/mol. The first-order valence-corrected chi connectivity index (χ1v) is 15.9. The number of hydrogen-bond donors (Lipinski definition) is 3. The predicted octanol–water partition coefficient (Wildman–Crippen LogP) is 5.36. The Balaban J connectivity index is 1.63. The van der Waals surface area contributed by atoms with Gasteiger partial charge in [0.1, 0.15) is 11.6 Å². The van der Waals surface area contributed by atoms with Gasteiger partial charge in [-0.15, -0.1) is 0 Å². The quantitative estimate of drug-likeness (QED) is 0.229. The van der Waals surface area contributed by atoms with Gasteiger partial charge in [-0.3, -0.25) is 9.36 Å². The van der Waals surface area contributed by atoms with E-state index in [0.29, 0.717) is 36.9 Å². The van der Waals surface area contributed by atoms with Crippen LogP contribution in [0.5, 0.6) is 0 Å². The summed E-state index contributed by atoms with van der Waals surface area (Å²) in [6.07, 6.45) is 0.682. The Morgan fingerprint density at radius 1 is 1.02 bits per heavy atom. The van der Waals surface area contributed by atoms with Gasteiger partial charge in [0.15, 0.2) is 0 Å². The van der Waals surface area contributed by atoms with Gasteiger partial charge < -0.3 is 24.8 Å². The Bertz CT molecular complexity index is 1400. The van der Waals surface area contributed by atoms with E-state index < -0.39 is 43.3 Å². The van der Waals surface area contributed by atoms with Crippen LogP contribution in [0.25, 0.3) is 0 Å². The predicted molar refractivity (Wildman–Crippen MR) is 159 cm³/mol. The van der Waals surface area contributed by atoms with Crippen LogP contribution in [0.1, 0.15) is 59.3 Å². The third-order valence-electron chi connectivity index (χ3n) is 7.20. The van der Waals surface area contributed by atoms with Crippen LogP contribution in [0.2, 0.25) is 0 Å². The molecule has 0 unspecified atom stereocenters. The van der Waals surface area contributed by atoms with Gasteiger partial charge in [-0.05, 0) is 85.2 Å². The number of rotatable bonds is 13. The summed E-state index contributed by atoms with van der Waals surface area (Å²) < 4.78 is 53.1. The third kappa shape index (κ3) is 8.12. The van der Waals surface area contributed by atoms with Crippen LogP contribution in [0.4, 0.5) is 8.78 Å². The molecule has 1 aliphatic heterocycles. The highest BCUT2D eigenvalue weighted by Crippen LogP contribution is 2.47. The number of carbonyl (C=O) groups excluding carboxylic acids is 1. The molecular formula is C32H39F2N2O5P. The monoisotopic (exact) mass is 600 g/mol. The zero-order valence-electron chi connectivity index (χ0n) is 24.2. The van der Waals surface area contributed by atoms with Gasteiger partial charge in [0.05, 0.1) is 30.7 Å². The summed E-state index contributed by atoms with van der Waals surface area (Å²) >= 11 is 0. The lowest BCUT2D eigenvalue weighted by molar-refractivity contribution is 0.0688. The molecule has 10 heteroatoms. The van der Waals surface area contributed by atoms with Crippen LogP contribution in [0.3, 0.4) is 0 Å². The van der Waals surface area contributed by atoms with Crippen molar-refractivity contribution >= 4 is 18.8 Å². The Morgan fingerprint density at radius 3 is 2.31 bits per heavy atom. The average molecular weight is 601 g/mol. The summed E-state index contributed by atoms with van der Waals surface area (Å²) in [7, 11) is -3.69. The molecule has 1 aliphatic rings. The number of aliphatic hydroxyl groups excluding tert-OH is 1. The molecule has 42 heavy (non-hydrogen) atoms. The minimum Gasteiger partial charge on any atom is -0.389 e. The number of hydrogen-bond acceptors (Lipinski definition) is 6. The number of amides is 1. The lowest BCUT2D eigenvalue weighted by atomic mass is 9.88. The summed E-state index contributed by atoms with van der Waals surface area (Å²) in [4.78, 5) is 13.7. The summed E-state index contributed by atoms with van der Waals surface area (Å²) in [6, 6.07) is 14.5. The summed E-state index contributed by atoms with van der Waals surface area (Å²) in [5.74, 6) is -2.02. The van der Waals surface area contributed by atoms with Crippen molar-refractivity contribution in [2.75, 3.05) is 13.2 Å². The molecule has 226 valence electrons. The topological polar surface area (TPSA) is 96.9 Å². The van der Waals surface area contributed by atoms with Crippen molar-refractivity contribution in [3.8, 4) is 0 Å². The molecule has 0 spiro atoms. The number of benzene rings is 3. The number of fused-ring (bicyclic) bond motifs is 1. The molecule has 3 aromatic rings. The standard InChI is InChI=1S/C32H39F2N2O5P/c1-4-10-40-42(39,41-11-5-2)28-13-21(3)12-25(17-28)32(38)36-30(16-22-14-26(33)19-27(34)15-22)31(37)29-18-23-8-6-7-9-24(23)20-35-29/h6-9,12-15,17,19,29-31,35,37H,4-5,10-11,16,18,20H2,1-3H3,(H,36,38)/t29-,30+,31-/m1/s1. The normalized spacial score (nSPS) is 16.5. The van der Waals surface area contributed by atoms with Crippen molar-refractivity contribution < 1.29 is 32.3 Å². The van der Waals surface area contributed by atoms with E-state index in [1.54, 1.807) is 19.1 Å². The van der Waals surface area contributed by atoms with Gasteiger partial charge in [-0.2, -0.15) is 0 Å². The maximum atomic E-state index is 14.1. The maximum absolute atomic E-state index is 14.1. The van der Waals surface area contributed by atoms with E-state index in [4.69, 9.17) is 9.05 Å². The van der Waals surface area contributed by atoms with Crippen LogP contribution in [0, 0.1) is 18.6 Å². The molecule has 0 saturated carbocycles. The van der Waals surface area contributed by atoms with Crippen LogP contribution < -0.4 is 15.9 Å². The zero-order valence-corrected chi connectivity index (χ0v) is 25.1. The minimum absolute atomic E-state index is 0.0161. The highest BCUT2D eigenvalue weighted by Gasteiger charge is 2.33. The Kier molecular flexibility index (Phi) is 11.0. The van der Waals surface area contributed by atoms with E-state index in [1.807, 2.05) is 38.1 Å². The van der Waals surface area contributed by atoms with E-state index >= 15 is 0 Å². The Morgan fingerprint density at radius 2 is 1.67 bits per heavy atom. The molecule has 1 amide bonds. The largest absolute Gasteiger partial charge is 0.389 e. The summed E-state index contributed by atoms with van der Waals surface area (Å²) in [6.45, 7) is 6.57. The van der Waals surface area contributed by atoms with Crippen molar-refractivity contribution in [1.82, 2.24) is 10.6 Å². The lowest BCUT2D eigenvalue weighted by Gasteiger charge is -2.34. The van der Waals surface area contributed by atoms with E-state index in [-0.39, 0.29) is 30.5 Å². The highest BCUT2D eigenvalue weighted by molar-refractivity contribution is 7.62. The van der Waals surface area contributed by atoms with Crippen molar-refractivity contribution in [2.24, 2.45) is 0 Å². The van der Waals surface area contributed by atoms with Crippen molar-refractivity contribution in [1.29, 1.82) is 0 Å². The highest BCUT2D eigenvalue weighted by atomic mass is 31.2. The van der Waals surface area contributed by atoms with Gasteiger partial charge in [-0.25, -0.2) is 8.78 Å². The molecule has 0 bridgehead atoms. The fraction of sp³-hybridized carbons (Fsp3) is 0.406. The van der Waals surface area contributed by atoms with Crippen molar-refractivity contribution in [3.63, 3.8) is 0 Å². The number of aliphatic hydroxyl groups is 1. The first-order chi connectivity index (χ1) is 20.1. The van der Waals surface area contributed by atoms with E-state index in [0.717, 1.165) is 17.2 Å². The SMILES string of the molecule is CCCOP(=O)(OCCC)c1cc(C)cc(C(=O)N[C@@H](Cc2cc(F)cc(F)c2)[C@H](O)[C@H]2Cc3ccccc3CN2)c1. The lowest BCUT2D eigenvalue weighted by Crippen LogP contribution is -2.55. The number of carbonyl (C=O) groups is 1. The van der Waals surface area contributed by atoms with E-state index in [1.165, 1.54) is 18.2 Å². The molecule has 3 aromatic carbocycles. The van der Waals surface area contributed by atoms with Crippen LogP contribution in [-0.2, 0) is 33.0 Å². The second-order valence-electron chi connectivity index (χ2n) is 10.7. The second kappa shape index (κ2) is 14.5. The molecule has 1 heterocycles. The molecule has 0 radical (unpaired) electrons. The minimum atomic E-state index is -3.69. The third-order valence-corrected chi connectivity index (χ3v) is 9.14. The molecule has 4 rings (SSSR count). The molecule has 3 N–H and O–H groups in total. The molecule has 7 nitrogen and oxygen atoms in total. The first kappa shape index (κ1) is 32.0. The maximum Gasteiger partial charge on any atom is 0.361 e. The number of aryl methyl sites for hydroxylation is 1. The Hall–Kier alpha value is -2.94. The van der Waals surface area contributed by atoms with Gasteiger partial charge >= 0.3 is 7.60 Å². The van der Waals surface area contributed by atoms with Crippen LogP contribution in [0.15, 0.2) is 60.7 Å². The first-order valence-electron chi connectivity index (χ1n) is 14.4. The fourth-order valence-corrected chi connectivity index (χ4v) is 7.03.